The second-order valence-electron chi connectivity index (χ2n) is 5.25. The van der Waals surface area contributed by atoms with E-state index in [1.165, 1.54) is 18.4 Å². The molecule has 0 aliphatic heterocycles. The summed E-state index contributed by atoms with van der Waals surface area (Å²) in [5.41, 5.74) is 4.90. The average molecular weight is 289 g/mol. The molecule has 3 rings (SSSR count). The predicted octanol–water partition coefficient (Wildman–Crippen LogP) is 3.18. The minimum Gasteiger partial charge on any atom is -0.363 e. The fourth-order valence-corrected chi connectivity index (χ4v) is 2.90. The quantitative estimate of drug-likeness (QED) is 0.582. The highest BCUT2D eigenvalue weighted by Crippen LogP contribution is 2.39. The lowest BCUT2D eigenvalue weighted by Gasteiger charge is -2.17. The van der Waals surface area contributed by atoms with Crippen molar-refractivity contribution in [3.8, 4) is 0 Å². The number of hydrazine groups is 1. The third-order valence-electron chi connectivity index (χ3n) is 3.64. The van der Waals surface area contributed by atoms with Crippen molar-refractivity contribution in [3.05, 3.63) is 33.8 Å². The molecule has 0 bridgehead atoms. The van der Waals surface area contributed by atoms with Gasteiger partial charge in [-0.25, -0.2) is 15.8 Å². The lowest BCUT2D eigenvalue weighted by Crippen LogP contribution is -2.16. The first-order chi connectivity index (χ1) is 9.69. The Hall–Kier alpha value is -1.66. The second kappa shape index (κ2) is 5.38. The first-order valence-electron chi connectivity index (χ1n) is 6.83. The summed E-state index contributed by atoms with van der Waals surface area (Å²) in [6.45, 7) is 4.12. The molecule has 2 aromatic rings. The Morgan fingerprint density at radius 2 is 2.10 bits per heavy atom. The van der Waals surface area contributed by atoms with Crippen LogP contribution < -0.4 is 16.6 Å². The molecule has 1 unspecified atom stereocenters. The molecule has 106 valence electrons. The fraction of sp³-hybridized carbons (Fsp3) is 0.429. The standard InChI is InChI=1S/C14H19N5S/c1-8-12(16-9(2)11-5-6-20-7-11)17-14(10-3-4-10)18-13(8)19-15/h5-7,9-10H,3-4,15H2,1-2H3,(H2,16,17,18,19). The molecule has 20 heavy (non-hydrogen) atoms. The van der Waals surface area contributed by atoms with Crippen LogP contribution in [0.4, 0.5) is 11.6 Å². The molecule has 1 atom stereocenters. The number of nitrogens with one attached hydrogen (secondary N) is 2. The summed E-state index contributed by atoms with van der Waals surface area (Å²) in [6, 6.07) is 2.34. The maximum Gasteiger partial charge on any atom is 0.148 e. The first-order valence-corrected chi connectivity index (χ1v) is 7.77. The van der Waals surface area contributed by atoms with E-state index in [9.17, 15) is 0 Å². The lowest BCUT2D eigenvalue weighted by atomic mass is 10.1. The van der Waals surface area contributed by atoms with Crippen molar-refractivity contribution in [1.29, 1.82) is 0 Å². The number of nitrogens with zero attached hydrogens (tertiary/aromatic N) is 2. The highest BCUT2D eigenvalue weighted by atomic mass is 32.1. The van der Waals surface area contributed by atoms with Gasteiger partial charge in [-0.15, -0.1) is 0 Å². The van der Waals surface area contributed by atoms with Crippen LogP contribution >= 0.6 is 11.3 Å². The van der Waals surface area contributed by atoms with Gasteiger partial charge in [0.25, 0.3) is 0 Å². The van der Waals surface area contributed by atoms with E-state index in [0.29, 0.717) is 11.7 Å². The zero-order chi connectivity index (χ0) is 14.1. The smallest absolute Gasteiger partial charge is 0.148 e. The first kappa shape index (κ1) is 13.3. The molecule has 1 aliphatic carbocycles. The number of thiophene rings is 1. The van der Waals surface area contributed by atoms with Crippen molar-refractivity contribution >= 4 is 23.0 Å². The summed E-state index contributed by atoms with van der Waals surface area (Å²) in [7, 11) is 0. The van der Waals surface area contributed by atoms with Gasteiger partial charge in [0.2, 0.25) is 0 Å². The molecule has 0 amide bonds. The summed E-state index contributed by atoms with van der Waals surface area (Å²) in [4.78, 5) is 9.18. The number of nitrogen functional groups attached to an aromatic ring is 1. The van der Waals surface area contributed by atoms with Gasteiger partial charge in [-0.3, -0.25) is 0 Å². The van der Waals surface area contributed by atoms with Gasteiger partial charge < -0.3 is 10.7 Å². The molecule has 1 fully saturated rings. The summed E-state index contributed by atoms with van der Waals surface area (Å²) < 4.78 is 0. The molecule has 0 saturated heterocycles. The third kappa shape index (κ3) is 2.62. The van der Waals surface area contributed by atoms with E-state index in [-0.39, 0.29) is 6.04 Å². The lowest BCUT2D eigenvalue weighted by molar-refractivity contribution is 0.852. The van der Waals surface area contributed by atoms with Crippen LogP contribution in [0.2, 0.25) is 0 Å². The second-order valence-corrected chi connectivity index (χ2v) is 6.03. The van der Waals surface area contributed by atoms with Gasteiger partial charge in [0, 0.05) is 11.5 Å². The van der Waals surface area contributed by atoms with Crippen LogP contribution in [0.5, 0.6) is 0 Å². The fourth-order valence-electron chi connectivity index (χ4n) is 2.15. The van der Waals surface area contributed by atoms with Crippen molar-refractivity contribution in [2.75, 3.05) is 10.7 Å². The summed E-state index contributed by atoms with van der Waals surface area (Å²) in [5, 5.41) is 7.71. The van der Waals surface area contributed by atoms with Crippen molar-refractivity contribution < 1.29 is 0 Å². The largest absolute Gasteiger partial charge is 0.363 e. The number of nitrogens with two attached hydrogens (primary N) is 1. The van der Waals surface area contributed by atoms with E-state index in [4.69, 9.17) is 5.84 Å². The van der Waals surface area contributed by atoms with Crippen molar-refractivity contribution in [3.63, 3.8) is 0 Å². The Morgan fingerprint density at radius 1 is 1.35 bits per heavy atom. The van der Waals surface area contributed by atoms with E-state index in [0.717, 1.165) is 17.2 Å². The van der Waals surface area contributed by atoms with Crippen molar-refractivity contribution in [2.24, 2.45) is 5.84 Å². The topological polar surface area (TPSA) is 75.9 Å². The van der Waals surface area contributed by atoms with Crippen LogP contribution in [0.3, 0.4) is 0 Å². The normalized spacial score (nSPS) is 15.9. The Bertz CT molecular complexity index is 592. The number of anilines is 2. The van der Waals surface area contributed by atoms with E-state index in [2.05, 4.69) is 44.5 Å². The molecule has 2 aromatic heterocycles. The molecule has 6 heteroatoms. The van der Waals surface area contributed by atoms with Gasteiger partial charge in [-0.1, -0.05) is 0 Å². The highest BCUT2D eigenvalue weighted by Gasteiger charge is 2.28. The Balaban J connectivity index is 1.89. The molecule has 1 aliphatic rings. The molecule has 2 heterocycles. The average Bonchev–Trinajstić information content (AvgIpc) is 3.15. The van der Waals surface area contributed by atoms with Gasteiger partial charge >= 0.3 is 0 Å². The van der Waals surface area contributed by atoms with Gasteiger partial charge in [0.05, 0.1) is 6.04 Å². The van der Waals surface area contributed by atoms with Gasteiger partial charge in [-0.05, 0) is 49.1 Å². The Kier molecular flexibility index (Phi) is 3.58. The van der Waals surface area contributed by atoms with Crippen molar-refractivity contribution in [2.45, 2.75) is 38.6 Å². The minimum atomic E-state index is 0.215. The summed E-state index contributed by atoms with van der Waals surface area (Å²) in [5.74, 6) is 8.54. The number of hydrogen-bond acceptors (Lipinski definition) is 6. The number of hydrogen-bond donors (Lipinski definition) is 3. The van der Waals surface area contributed by atoms with E-state index in [1.807, 2.05) is 6.92 Å². The maximum absolute atomic E-state index is 5.57. The molecular formula is C14H19N5S. The van der Waals surface area contributed by atoms with Gasteiger partial charge in [0.15, 0.2) is 0 Å². The minimum absolute atomic E-state index is 0.215. The molecule has 0 spiro atoms. The zero-order valence-corrected chi connectivity index (χ0v) is 12.5. The van der Waals surface area contributed by atoms with E-state index >= 15 is 0 Å². The maximum atomic E-state index is 5.57. The molecule has 0 aromatic carbocycles. The molecule has 5 nitrogen and oxygen atoms in total. The van der Waals surface area contributed by atoms with Crippen LogP contribution in [-0.2, 0) is 0 Å². The Labute approximate surface area is 122 Å². The van der Waals surface area contributed by atoms with Crippen LogP contribution in [0.25, 0.3) is 0 Å². The van der Waals surface area contributed by atoms with Crippen LogP contribution in [0, 0.1) is 6.92 Å². The van der Waals surface area contributed by atoms with E-state index in [1.54, 1.807) is 11.3 Å². The SMILES string of the molecule is Cc1c(NN)nc(C2CC2)nc1NC(C)c1ccsc1. The molecule has 1 saturated carbocycles. The number of aromatic nitrogens is 2. The number of rotatable bonds is 5. The molecule has 4 N–H and O–H groups in total. The summed E-state index contributed by atoms with van der Waals surface area (Å²) in [6.07, 6.45) is 2.35. The van der Waals surface area contributed by atoms with Crippen LogP contribution in [0.1, 0.15) is 48.7 Å². The monoisotopic (exact) mass is 289 g/mol. The predicted molar refractivity (Wildman–Crippen MR) is 82.9 cm³/mol. The summed E-state index contributed by atoms with van der Waals surface area (Å²) >= 11 is 1.70. The molecular weight excluding hydrogens is 270 g/mol. The third-order valence-corrected chi connectivity index (χ3v) is 4.34. The van der Waals surface area contributed by atoms with Crippen molar-refractivity contribution in [1.82, 2.24) is 9.97 Å². The Morgan fingerprint density at radius 3 is 2.70 bits per heavy atom. The molecule has 0 radical (unpaired) electrons. The van der Waals surface area contributed by atoms with Gasteiger partial charge in [-0.2, -0.15) is 11.3 Å². The van der Waals surface area contributed by atoms with Gasteiger partial charge in [0.1, 0.15) is 17.5 Å². The van der Waals surface area contributed by atoms with Crippen LogP contribution in [0.15, 0.2) is 16.8 Å². The van der Waals surface area contributed by atoms with Crippen LogP contribution in [-0.4, -0.2) is 9.97 Å². The highest BCUT2D eigenvalue weighted by molar-refractivity contribution is 7.07. The zero-order valence-electron chi connectivity index (χ0n) is 11.7. The van der Waals surface area contributed by atoms with E-state index < -0.39 is 0 Å².